The topological polar surface area (TPSA) is 125 Å². The molecule has 9 heteroatoms. The van der Waals surface area contributed by atoms with Crippen molar-refractivity contribution >= 4 is 47.7 Å². The maximum Gasteiger partial charge on any atom is 0.336 e. The second kappa shape index (κ2) is 12.9. The normalized spacial score (nSPS) is 11.1. The van der Waals surface area contributed by atoms with Gasteiger partial charge in [0.2, 0.25) is 0 Å². The molecule has 0 saturated heterocycles. The molecule has 0 amide bonds. The molecule has 0 saturated carbocycles. The van der Waals surface area contributed by atoms with E-state index in [1.54, 1.807) is 60.7 Å². The zero-order chi connectivity index (χ0) is 28.5. The SMILES string of the molecule is COc1cc(/C=C(/C(=O)O)c2ccc(/C=C/c3cc(OC(C)=O)cc(OC(C)=O)c3)cc2)ccc1OC(C)=O. The van der Waals surface area contributed by atoms with Crippen LogP contribution in [-0.4, -0.2) is 36.1 Å². The van der Waals surface area contributed by atoms with E-state index >= 15 is 0 Å². The second-order valence-corrected chi connectivity index (χ2v) is 8.25. The Hall–Kier alpha value is -5.18. The molecular weight excluding hydrogens is 504 g/mol. The summed E-state index contributed by atoms with van der Waals surface area (Å²) >= 11 is 0. The van der Waals surface area contributed by atoms with Crippen LogP contribution < -0.4 is 18.9 Å². The Bertz CT molecular complexity index is 1430. The fraction of sp³-hybridized carbons (Fsp3) is 0.133. The van der Waals surface area contributed by atoms with Crippen molar-refractivity contribution in [2.24, 2.45) is 0 Å². The summed E-state index contributed by atoms with van der Waals surface area (Å²) in [7, 11) is 1.42. The minimum atomic E-state index is -1.12. The minimum absolute atomic E-state index is 0.0490. The van der Waals surface area contributed by atoms with Crippen LogP contribution >= 0.6 is 0 Å². The Kier molecular flexibility index (Phi) is 9.37. The molecular formula is C30H26O9. The van der Waals surface area contributed by atoms with Gasteiger partial charge in [-0.05, 0) is 52.6 Å². The maximum atomic E-state index is 12.0. The molecule has 200 valence electrons. The van der Waals surface area contributed by atoms with Crippen LogP contribution in [0.15, 0.2) is 60.7 Å². The number of rotatable bonds is 9. The van der Waals surface area contributed by atoms with Crippen molar-refractivity contribution in [3.63, 3.8) is 0 Å². The minimum Gasteiger partial charge on any atom is -0.493 e. The molecule has 0 bridgehead atoms. The Morgan fingerprint density at radius 3 is 1.69 bits per heavy atom. The van der Waals surface area contributed by atoms with Crippen LogP contribution in [0.25, 0.3) is 23.8 Å². The fourth-order valence-corrected chi connectivity index (χ4v) is 3.55. The lowest BCUT2D eigenvalue weighted by Gasteiger charge is -2.09. The van der Waals surface area contributed by atoms with Crippen molar-refractivity contribution in [3.8, 4) is 23.0 Å². The summed E-state index contributed by atoms with van der Waals surface area (Å²) < 4.78 is 20.6. The lowest BCUT2D eigenvalue weighted by atomic mass is 10.0. The van der Waals surface area contributed by atoms with Crippen molar-refractivity contribution in [3.05, 3.63) is 82.9 Å². The van der Waals surface area contributed by atoms with Crippen LogP contribution in [-0.2, 0) is 19.2 Å². The Morgan fingerprint density at radius 2 is 1.18 bits per heavy atom. The van der Waals surface area contributed by atoms with E-state index in [0.717, 1.165) is 5.56 Å². The first kappa shape index (κ1) is 28.4. The standard InChI is InChI=1S/C30H26O9/c1-18(31)37-25-13-22(14-26(17-25)38-19(2)32)6-5-21-7-10-24(11-8-21)27(30(34)35)15-23-9-12-28(39-20(3)33)29(16-23)36-4/h5-17H,1-4H3,(H,34,35)/b6-5+,27-15+. The third kappa shape index (κ3) is 8.43. The van der Waals surface area contributed by atoms with Crippen LogP contribution in [0.4, 0.5) is 0 Å². The zero-order valence-electron chi connectivity index (χ0n) is 21.7. The molecule has 0 aliphatic rings. The molecule has 9 nitrogen and oxygen atoms in total. The van der Waals surface area contributed by atoms with E-state index < -0.39 is 23.9 Å². The van der Waals surface area contributed by atoms with Gasteiger partial charge in [0, 0.05) is 26.8 Å². The summed E-state index contributed by atoms with van der Waals surface area (Å²) in [6, 6.07) is 16.2. The first-order valence-electron chi connectivity index (χ1n) is 11.7. The molecule has 3 rings (SSSR count). The maximum absolute atomic E-state index is 12.0. The number of ether oxygens (including phenoxy) is 4. The van der Waals surface area contributed by atoms with E-state index in [1.807, 2.05) is 0 Å². The summed E-state index contributed by atoms with van der Waals surface area (Å²) in [6.07, 6.45) is 5.00. The fourth-order valence-electron chi connectivity index (χ4n) is 3.55. The van der Waals surface area contributed by atoms with Gasteiger partial charge in [0.05, 0.1) is 12.7 Å². The van der Waals surface area contributed by atoms with Crippen molar-refractivity contribution in [1.29, 1.82) is 0 Å². The van der Waals surface area contributed by atoms with Gasteiger partial charge in [-0.1, -0.05) is 42.5 Å². The number of methoxy groups -OCH3 is 1. The van der Waals surface area contributed by atoms with Crippen LogP contribution in [0.1, 0.15) is 43.0 Å². The Morgan fingerprint density at radius 1 is 0.641 bits per heavy atom. The molecule has 0 aliphatic heterocycles. The molecule has 0 aromatic heterocycles. The van der Waals surface area contributed by atoms with Gasteiger partial charge < -0.3 is 24.1 Å². The van der Waals surface area contributed by atoms with Gasteiger partial charge >= 0.3 is 23.9 Å². The summed E-state index contributed by atoms with van der Waals surface area (Å²) in [4.78, 5) is 46.0. The highest BCUT2D eigenvalue weighted by molar-refractivity contribution is 6.20. The van der Waals surface area contributed by atoms with Gasteiger partial charge in [-0.15, -0.1) is 0 Å². The summed E-state index contributed by atoms with van der Waals surface area (Å²) in [5, 5.41) is 9.83. The molecule has 0 heterocycles. The third-order valence-electron chi connectivity index (χ3n) is 5.10. The predicted molar refractivity (Wildman–Crippen MR) is 144 cm³/mol. The first-order valence-corrected chi connectivity index (χ1v) is 11.7. The molecule has 1 N–H and O–H groups in total. The number of carbonyl (C=O) groups excluding carboxylic acids is 3. The van der Waals surface area contributed by atoms with Gasteiger partial charge in [0.25, 0.3) is 0 Å². The van der Waals surface area contributed by atoms with E-state index in [1.165, 1.54) is 46.1 Å². The smallest absolute Gasteiger partial charge is 0.336 e. The van der Waals surface area contributed by atoms with Crippen LogP contribution in [0.3, 0.4) is 0 Å². The molecule has 3 aromatic rings. The van der Waals surface area contributed by atoms with Crippen molar-refractivity contribution in [2.75, 3.05) is 7.11 Å². The monoisotopic (exact) mass is 530 g/mol. The van der Waals surface area contributed by atoms with Gasteiger partial charge in [0.15, 0.2) is 11.5 Å². The number of hydrogen-bond donors (Lipinski definition) is 1. The van der Waals surface area contributed by atoms with E-state index in [2.05, 4.69) is 0 Å². The lowest BCUT2D eigenvalue weighted by molar-refractivity contribution is -0.133. The number of carboxylic acids is 1. The largest absolute Gasteiger partial charge is 0.493 e. The Labute approximate surface area is 224 Å². The number of carboxylic acid groups (broad SMARTS) is 1. The van der Waals surface area contributed by atoms with Gasteiger partial charge in [-0.3, -0.25) is 14.4 Å². The highest BCUT2D eigenvalue weighted by atomic mass is 16.6. The zero-order valence-corrected chi connectivity index (χ0v) is 21.7. The molecule has 0 fully saturated rings. The Balaban J connectivity index is 1.87. The lowest BCUT2D eigenvalue weighted by Crippen LogP contribution is -2.04. The van der Waals surface area contributed by atoms with Crippen LogP contribution in [0.2, 0.25) is 0 Å². The van der Waals surface area contributed by atoms with Crippen molar-refractivity contribution < 1.29 is 43.2 Å². The van der Waals surface area contributed by atoms with E-state index in [-0.39, 0.29) is 22.8 Å². The molecule has 3 aromatic carbocycles. The highest BCUT2D eigenvalue weighted by Crippen LogP contribution is 2.30. The van der Waals surface area contributed by atoms with E-state index in [9.17, 15) is 24.3 Å². The number of benzene rings is 3. The second-order valence-electron chi connectivity index (χ2n) is 8.25. The van der Waals surface area contributed by atoms with E-state index in [0.29, 0.717) is 22.4 Å². The van der Waals surface area contributed by atoms with Crippen molar-refractivity contribution in [2.45, 2.75) is 20.8 Å². The average Bonchev–Trinajstić information content (AvgIpc) is 2.85. The summed E-state index contributed by atoms with van der Waals surface area (Å²) in [6.45, 7) is 3.81. The van der Waals surface area contributed by atoms with Gasteiger partial charge in [0.1, 0.15) is 11.5 Å². The summed E-state index contributed by atoms with van der Waals surface area (Å²) in [5.74, 6) is -1.68. The molecule has 39 heavy (non-hydrogen) atoms. The predicted octanol–water partition coefficient (Wildman–Crippen LogP) is 5.27. The third-order valence-corrected chi connectivity index (χ3v) is 5.10. The molecule has 0 radical (unpaired) electrons. The van der Waals surface area contributed by atoms with E-state index in [4.69, 9.17) is 18.9 Å². The molecule has 0 aliphatic carbocycles. The van der Waals surface area contributed by atoms with Gasteiger partial charge in [-0.25, -0.2) is 4.79 Å². The number of esters is 3. The number of hydrogen-bond acceptors (Lipinski definition) is 8. The van der Waals surface area contributed by atoms with Crippen LogP contribution in [0, 0.1) is 0 Å². The molecule has 0 spiro atoms. The first-order chi connectivity index (χ1) is 18.5. The summed E-state index contributed by atoms with van der Waals surface area (Å²) in [5.41, 5.74) is 2.44. The highest BCUT2D eigenvalue weighted by Gasteiger charge is 2.13. The van der Waals surface area contributed by atoms with Crippen molar-refractivity contribution in [1.82, 2.24) is 0 Å². The average molecular weight is 531 g/mol. The number of aliphatic carboxylic acids is 1. The van der Waals surface area contributed by atoms with Crippen LogP contribution in [0.5, 0.6) is 23.0 Å². The molecule has 0 atom stereocenters. The number of carbonyl (C=O) groups is 4. The molecule has 0 unspecified atom stereocenters. The van der Waals surface area contributed by atoms with Gasteiger partial charge in [-0.2, -0.15) is 0 Å². The quantitative estimate of drug-likeness (QED) is 0.170.